The minimum Gasteiger partial charge on any atom is -0.394 e. The molecule has 3 aromatic heterocycles. The predicted molar refractivity (Wildman–Crippen MR) is 75.5 cm³/mol. The average Bonchev–Trinajstić information content (AvgIpc) is 3.28. The zero-order chi connectivity index (χ0) is 16.0. The molecule has 1 aliphatic heterocycles. The molecule has 0 aliphatic carbocycles. The number of aromatic nitrogens is 6. The lowest BCUT2D eigenvalue weighted by Gasteiger charge is -2.16. The summed E-state index contributed by atoms with van der Waals surface area (Å²) in [7, 11) is 0. The molecule has 4 atom stereocenters. The Kier molecular flexibility index (Phi) is 3.31. The van der Waals surface area contributed by atoms with E-state index in [4.69, 9.17) is 4.74 Å². The molecule has 10 heteroatoms. The summed E-state index contributed by atoms with van der Waals surface area (Å²) in [5.41, 5.74) is 0.911. The van der Waals surface area contributed by atoms with E-state index >= 15 is 0 Å². The zero-order valence-corrected chi connectivity index (χ0v) is 11.8. The molecule has 120 valence electrons. The first kappa shape index (κ1) is 14.2. The molecule has 1 unspecified atom stereocenters. The molecule has 4 rings (SSSR count). The maximum atomic E-state index is 10.1. The number of nitrogens with zero attached hydrogens (tertiary/aromatic N) is 6. The number of fused-ring (bicyclic) bond motifs is 1. The van der Waals surface area contributed by atoms with Crippen molar-refractivity contribution in [1.29, 1.82) is 0 Å². The Bertz CT molecular complexity index is 819. The van der Waals surface area contributed by atoms with Crippen LogP contribution in [0.2, 0.25) is 0 Å². The van der Waals surface area contributed by atoms with Crippen LogP contribution in [0.4, 0.5) is 0 Å². The van der Waals surface area contributed by atoms with Gasteiger partial charge in [0.1, 0.15) is 24.6 Å². The van der Waals surface area contributed by atoms with E-state index in [-0.39, 0.29) is 0 Å². The van der Waals surface area contributed by atoms with Crippen LogP contribution in [0.5, 0.6) is 0 Å². The average molecular weight is 318 g/mol. The molecule has 1 fully saturated rings. The molecule has 0 bridgehead atoms. The Morgan fingerprint density at radius 2 is 2.04 bits per heavy atom. The molecule has 4 heterocycles. The van der Waals surface area contributed by atoms with Gasteiger partial charge >= 0.3 is 0 Å². The molecule has 10 nitrogen and oxygen atoms in total. The Morgan fingerprint density at radius 3 is 2.74 bits per heavy atom. The van der Waals surface area contributed by atoms with Crippen molar-refractivity contribution < 1.29 is 20.1 Å². The quantitative estimate of drug-likeness (QED) is 0.538. The monoisotopic (exact) mass is 318 g/mol. The lowest BCUT2D eigenvalue weighted by Crippen LogP contribution is -2.33. The third kappa shape index (κ3) is 2.11. The highest BCUT2D eigenvalue weighted by atomic mass is 16.6. The van der Waals surface area contributed by atoms with Crippen LogP contribution in [0.15, 0.2) is 31.1 Å². The van der Waals surface area contributed by atoms with Crippen LogP contribution in [0.25, 0.3) is 17.0 Å². The molecular formula is C13H14N6O4. The molecule has 0 amide bonds. The maximum Gasteiger partial charge on any atom is 0.184 e. The van der Waals surface area contributed by atoms with Gasteiger partial charge in [0, 0.05) is 12.4 Å². The molecule has 0 radical (unpaired) electrons. The van der Waals surface area contributed by atoms with E-state index in [1.54, 1.807) is 23.1 Å². The van der Waals surface area contributed by atoms with E-state index in [2.05, 4.69) is 20.1 Å². The van der Waals surface area contributed by atoms with Crippen molar-refractivity contribution in [2.75, 3.05) is 6.61 Å². The summed E-state index contributed by atoms with van der Waals surface area (Å²) in [6, 6.07) is 1.76. The number of hydrogen-bond donors (Lipinski definition) is 3. The lowest BCUT2D eigenvalue weighted by molar-refractivity contribution is -0.0511. The molecule has 3 N–H and O–H groups in total. The van der Waals surface area contributed by atoms with Crippen LogP contribution in [0.1, 0.15) is 6.23 Å². The van der Waals surface area contributed by atoms with Gasteiger partial charge in [-0.15, -0.1) is 0 Å². The summed E-state index contributed by atoms with van der Waals surface area (Å²) < 4.78 is 8.57. The molecule has 1 saturated heterocycles. The van der Waals surface area contributed by atoms with Crippen LogP contribution in [-0.2, 0) is 4.74 Å². The Labute approximate surface area is 129 Å². The second-order valence-electron chi connectivity index (χ2n) is 5.20. The maximum absolute atomic E-state index is 10.1. The van der Waals surface area contributed by atoms with Crippen molar-refractivity contribution in [3.63, 3.8) is 0 Å². The summed E-state index contributed by atoms with van der Waals surface area (Å²) >= 11 is 0. The van der Waals surface area contributed by atoms with E-state index in [1.165, 1.54) is 17.2 Å². The first-order valence-corrected chi connectivity index (χ1v) is 7.00. The van der Waals surface area contributed by atoms with Gasteiger partial charge in [-0.3, -0.25) is 4.57 Å². The summed E-state index contributed by atoms with van der Waals surface area (Å²) in [5, 5.41) is 33.3. The smallest absolute Gasteiger partial charge is 0.184 e. The van der Waals surface area contributed by atoms with Gasteiger partial charge in [0.2, 0.25) is 0 Å². The first-order chi connectivity index (χ1) is 11.2. The van der Waals surface area contributed by atoms with Gasteiger partial charge in [-0.25, -0.2) is 19.6 Å². The predicted octanol–water partition coefficient (Wildman–Crippen LogP) is -1.38. The topological polar surface area (TPSA) is 131 Å². The summed E-state index contributed by atoms with van der Waals surface area (Å²) in [6.07, 6.45) is 2.02. The van der Waals surface area contributed by atoms with Crippen molar-refractivity contribution in [2.45, 2.75) is 24.5 Å². The Morgan fingerprint density at radius 1 is 1.17 bits per heavy atom. The first-order valence-electron chi connectivity index (χ1n) is 7.00. The van der Waals surface area contributed by atoms with Crippen LogP contribution in [0, 0.1) is 0 Å². The molecule has 0 saturated carbocycles. The molecule has 0 aromatic carbocycles. The van der Waals surface area contributed by atoms with Gasteiger partial charge in [-0.2, -0.15) is 5.10 Å². The minimum atomic E-state index is -1.20. The number of aliphatic hydroxyl groups is 3. The molecule has 0 spiro atoms. The van der Waals surface area contributed by atoms with Gasteiger partial charge in [-0.05, 0) is 6.07 Å². The number of imidazole rings is 1. The Balaban J connectivity index is 1.80. The molecule has 1 aliphatic rings. The van der Waals surface area contributed by atoms with Gasteiger partial charge < -0.3 is 20.1 Å². The highest BCUT2D eigenvalue weighted by molar-refractivity contribution is 5.78. The molecule has 3 aromatic rings. The van der Waals surface area contributed by atoms with Crippen molar-refractivity contribution in [1.82, 2.24) is 29.3 Å². The van der Waals surface area contributed by atoms with E-state index in [0.717, 1.165) is 0 Å². The van der Waals surface area contributed by atoms with Crippen LogP contribution < -0.4 is 0 Å². The minimum absolute atomic E-state index is 0.394. The second kappa shape index (κ2) is 5.35. The van der Waals surface area contributed by atoms with Crippen LogP contribution in [-0.4, -0.2) is 69.5 Å². The lowest BCUT2D eigenvalue weighted by atomic mass is 10.1. The van der Waals surface area contributed by atoms with Crippen LogP contribution >= 0.6 is 0 Å². The van der Waals surface area contributed by atoms with E-state index in [9.17, 15) is 15.3 Å². The van der Waals surface area contributed by atoms with Crippen molar-refractivity contribution >= 4 is 11.2 Å². The number of hydrogen-bond acceptors (Lipinski definition) is 8. The fourth-order valence-electron chi connectivity index (χ4n) is 2.70. The summed E-state index contributed by atoms with van der Waals surface area (Å²) in [4.78, 5) is 12.6. The van der Waals surface area contributed by atoms with Crippen molar-refractivity contribution in [3.8, 4) is 5.82 Å². The Hall–Kier alpha value is -2.40. The fraction of sp³-hybridized carbons (Fsp3) is 0.385. The van der Waals surface area contributed by atoms with E-state index in [0.29, 0.717) is 17.0 Å². The van der Waals surface area contributed by atoms with Gasteiger partial charge in [-0.1, -0.05) is 0 Å². The number of aliphatic hydroxyl groups excluding tert-OH is 3. The standard InChI is InChI=1S/C13H14N6O4/c20-4-7-9(21)10(22)13(23-7)18-6-16-8-11(18)14-5-15-12(8)19-3-1-2-17-19/h1-3,5-7,9-10,13,20-22H,4H2/t7-,9-,10-,13?/m1/s1. The number of ether oxygens (including phenoxy) is 1. The van der Waals surface area contributed by atoms with Crippen molar-refractivity contribution in [3.05, 3.63) is 31.1 Å². The third-order valence-electron chi connectivity index (χ3n) is 3.85. The van der Waals surface area contributed by atoms with E-state index in [1.807, 2.05) is 0 Å². The van der Waals surface area contributed by atoms with Crippen LogP contribution in [0.3, 0.4) is 0 Å². The fourth-order valence-corrected chi connectivity index (χ4v) is 2.70. The van der Waals surface area contributed by atoms with Crippen molar-refractivity contribution in [2.24, 2.45) is 0 Å². The van der Waals surface area contributed by atoms with E-state index < -0.39 is 31.1 Å². The van der Waals surface area contributed by atoms with Gasteiger partial charge in [0.25, 0.3) is 0 Å². The van der Waals surface area contributed by atoms with Gasteiger partial charge in [0.05, 0.1) is 12.9 Å². The second-order valence-corrected chi connectivity index (χ2v) is 5.20. The number of rotatable bonds is 3. The zero-order valence-electron chi connectivity index (χ0n) is 11.8. The largest absolute Gasteiger partial charge is 0.394 e. The summed E-state index contributed by atoms with van der Waals surface area (Å²) in [6.45, 7) is -0.394. The molecular weight excluding hydrogens is 304 g/mol. The summed E-state index contributed by atoms with van der Waals surface area (Å²) in [5.74, 6) is 0.491. The SMILES string of the molecule is OC[C@H]1OC(n2cnc3c(-n4cccn4)ncnc32)[C@H](O)[C@@H]1O. The highest BCUT2D eigenvalue weighted by Gasteiger charge is 2.44. The normalized spacial score (nSPS) is 27.8. The third-order valence-corrected chi connectivity index (χ3v) is 3.85. The molecule has 23 heavy (non-hydrogen) atoms. The van der Waals surface area contributed by atoms with Gasteiger partial charge in [0.15, 0.2) is 23.2 Å². The highest BCUT2D eigenvalue weighted by Crippen LogP contribution is 2.31.